The maximum atomic E-state index is 12.1. The first-order valence-corrected chi connectivity index (χ1v) is 8.04. The first-order chi connectivity index (χ1) is 8.80. The third-order valence-corrected chi connectivity index (χ3v) is 4.39. The molecule has 0 aliphatic carbocycles. The van der Waals surface area contributed by atoms with Crippen molar-refractivity contribution in [3.05, 3.63) is 23.8 Å². The standard InChI is InChI=1S/C12H14ClNO4S/c1-14(2)12(15)9-5-6-18-11-4-3-8(7-10(9)11)19(13,16)17/h3-4,7,9H,5-6H2,1-2H3. The predicted molar refractivity (Wildman–Crippen MR) is 71.0 cm³/mol. The lowest BCUT2D eigenvalue weighted by Crippen LogP contribution is -2.31. The molecule has 1 unspecified atom stereocenters. The van der Waals surface area contributed by atoms with Crippen LogP contribution in [0.15, 0.2) is 23.1 Å². The van der Waals surface area contributed by atoms with E-state index in [0.29, 0.717) is 24.3 Å². The Bertz CT molecular complexity index is 612. The number of nitrogens with zero attached hydrogens (tertiary/aromatic N) is 1. The van der Waals surface area contributed by atoms with E-state index >= 15 is 0 Å². The highest BCUT2D eigenvalue weighted by Crippen LogP contribution is 2.36. The average molecular weight is 304 g/mol. The predicted octanol–water partition coefficient (Wildman–Crippen LogP) is 1.57. The van der Waals surface area contributed by atoms with E-state index in [9.17, 15) is 13.2 Å². The van der Waals surface area contributed by atoms with E-state index in [1.807, 2.05) is 0 Å². The lowest BCUT2D eigenvalue weighted by Gasteiger charge is -2.27. The van der Waals surface area contributed by atoms with Gasteiger partial charge in [-0.3, -0.25) is 4.79 Å². The van der Waals surface area contributed by atoms with Gasteiger partial charge in [0.05, 0.1) is 17.4 Å². The van der Waals surface area contributed by atoms with Gasteiger partial charge in [0.1, 0.15) is 5.75 Å². The average Bonchev–Trinajstić information content (AvgIpc) is 2.35. The van der Waals surface area contributed by atoms with E-state index in [1.165, 1.54) is 17.0 Å². The molecule has 1 aromatic rings. The number of carbonyl (C=O) groups excluding carboxylic acids is 1. The number of ether oxygens (including phenoxy) is 1. The lowest BCUT2D eigenvalue weighted by atomic mass is 9.92. The number of benzene rings is 1. The van der Waals surface area contributed by atoms with Crippen LogP contribution < -0.4 is 4.74 Å². The summed E-state index contributed by atoms with van der Waals surface area (Å²) in [6, 6.07) is 4.34. The minimum Gasteiger partial charge on any atom is -0.493 e. The normalized spacial score (nSPS) is 18.4. The highest BCUT2D eigenvalue weighted by molar-refractivity contribution is 8.13. The molecular weight excluding hydrogens is 290 g/mol. The van der Waals surface area contributed by atoms with Crippen LogP contribution in [0.3, 0.4) is 0 Å². The second-order valence-corrected chi connectivity index (χ2v) is 7.13. The second-order valence-electron chi connectivity index (χ2n) is 4.56. The smallest absolute Gasteiger partial charge is 0.261 e. The molecule has 1 aliphatic heterocycles. The number of hydrogen-bond acceptors (Lipinski definition) is 4. The topological polar surface area (TPSA) is 63.7 Å². The summed E-state index contributed by atoms with van der Waals surface area (Å²) in [6.45, 7) is 0.435. The van der Waals surface area contributed by atoms with Crippen LogP contribution in [0.2, 0.25) is 0 Å². The van der Waals surface area contributed by atoms with Crippen molar-refractivity contribution < 1.29 is 17.9 Å². The van der Waals surface area contributed by atoms with Gasteiger partial charge in [-0.25, -0.2) is 8.42 Å². The third kappa shape index (κ3) is 2.84. The fourth-order valence-corrected chi connectivity index (χ4v) is 2.88. The first kappa shape index (κ1) is 14.1. The minimum atomic E-state index is -3.81. The van der Waals surface area contributed by atoms with Crippen LogP contribution in [0.25, 0.3) is 0 Å². The van der Waals surface area contributed by atoms with Crippen LogP contribution >= 0.6 is 10.7 Å². The van der Waals surface area contributed by atoms with Gasteiger partial charge >= 0.3 is 0 Å². The van der Waals surface area contributed by atoms with Crippen molar-refractivity contribution in [2.75, 3.05) is 20.7 Å². The number of rotatable bonds is 2. The monoisotopic (exact) mass is 303 g/mol. The number of carbonyl (C=O) groups is 1. The van der Waals surface area contributed by atoms with Crippen molar-refractivity contribution in [2.24, 2.45) is 0 Å². The van der Waals surface area contributed by atoms with Crippen molar-refractivity contribution in [2.45, 2.75) is 17.2 Å². The van der Waals surface area contributed by atoms with E-state index in [1.54, 1.807) is 20.2 Å². The molecular formula is C12H14ClNO4S. The van der Waals surface area contributed by atoms with Crippen molar-refractivity contribution in [1.82, 2.24) is 4.90 Å². The molecule has 1 aromatic carbocycles. The SMILES string of the molecule is CN(C)C(=O)C1CCOc2ccc(S(=O)(=O)Cl)cc21. The molecule has 0 N–H and O–H groups in total. The molecule has 104 valence electrons. The molecule has 2 rings (SSSR count). The number of amides is 1. The highest BCUT2D eigenvalue weighted by atomic mass is 35.7. The van der Waals surface area contributed by atoms with Gasteiger partial charge in [-0.05, 0) is 24.6 Å². The zero-order valence-corrected chi connectivity index (χ0v) is 12.2. The Morgan fingerprint density at radius 2 is 2.11 bits per heavy atom. The zero-order chi connectivity index (χ0) is 14.2. The Labute approximate surface area is 116 Å². The fourth-order valence-electron chi connectivity index (χ4n) is 2.09. The summed E-state index contributed by atoms with van der Waals surface area (Å²) in [5.74, 6) is 0.0707. The Morgan fingerprint density at radius 1 is 1.42 bits per heavy atom. The Kier molecular flexibility index (Phi) is 3.73. The zero-order valence-electron chi connectivity index (χ0n) is 10.6. The van der Waals surface area contributed by atoms with Gasteiger partial charge in [0.15, 0.2) is 0 Å². The minimum absolute atomic E-state index is 0.0185. The summed E-state index contributed by atoms with van der Waals surface area (Å²) >= 11 is 0. The molecule has 0 radical (unpaired) electrons. The van der Waals surface area contributed by atoms with E-state index in [0.717, 1.165) is 0 Å². The lowest BCUT2D eigenvalue weighted by molar-refractivity contribution is -0.130. The van der Waals surface area contributed by atoms with Crippen molar-refractivity contribution in [3.63, 3.8) is 0 Å². The maximum Gasteiger partial charge on any atom is 0.261 e. The van der Waals surface area contributed by atoms with Crippen LogP contribution in [-0.4, -0.2) is 39.9 Å². The summed E-state index contributed by atoms with van der Waals surface area (Å²) in [5, 5.41) is 0. The third-order valence-electron chi connectivity index (χ3n) is 3.04. The molecule has 0 aromatic heterocycles. The van der Waals surface area contributed by atoms with Crippen molar-refractivity contribution in [3.8, 4) is 5.75 Å². The Hall–Kier alpha value is -1.27. The van der Waals surface area contributed by atoms with Crippen LogP contribution in [0, 0.1) is 0 Å². The summed E-state index contributed by atoms with van der Waals surface area (Å²) in [4.78, 5) is 13.6. The number of likely N-dealkylation sites (N-methyl/N-ethyl adjacent to an activating group) is 1. The Morgan fingerprint density at radius 3 is 2.68 bits per heavy atom. The molecule has 5 nitrogen and oxygen atoms in total. The van der Waals surface area contributed by atoms with Crippen LogP contribution in [0.1, 0.15) is 17.9 Å². The molecule has 19 heavy (non-hydrogen) atoms. The first-order valence-electron chi connectivity index (χ1n) is 5.73. The molecule has 1 atom stereocenters. The van der Waals surface area contributed by atoms with Gasteiger partial charge in [-0.2, -0.15) is 0 Å². The molecule has 0 saturated carbocycles. The summed E-state index contributed by atoms with van der Waals surface area (Å²) in [5.41, 5.74) is 0.576. The van der Waals surface area contributed by atoms with Crippen molar-refractivity contribution >= 4 is 25.6 Å². The number of halogens is 1. The quantitative estimate of drug-likeness (QED) is 0.778. The summed E-state index contributed by atoms with van der Waals surface area (Å²) in [7, 11) is 4.85. The molecule has 1 amide bonds. The summed E-state index contributed by atoms with van der Waals surface area (Å²) in [6.07, 6.45) is 0.524. The van der Waals surface area contributed by atoms with Crippen LogP contribution in [0.5, 0.6) is 5.75 Å². The molecule has 1 heterocycles. The van der Waals surface area contributed by atoms with Gasteiger partial charge in [0, 0.05) is 30.3 Å². The molecule has 0 spiro atoms. The van der Waals surface area contributed by atoms with Gasteiger partial charge in [-0.15, -0.1) is 0 Å². The Balaban J connectivity index is 2.50. The van der Waals surface area contributed by atoms with E-state index < -0.39 is 15.0 Å². The molecule has 0 saturated heterocycles. The molecule has 7 heteroatoms. The molecule has 0 fully saturated rings. The van der Waals surface area contributed by atoms with Crippen LogP contribution in [-0.2, 0) is 13.8 Å². The van der Waals surface area contributed by atoms with Gasteiger partial charge in [0.25, 0.3) is 9.05 Å². The number of fused-ring (bicyclic) bond motifs is 1. The van der Waals surface area contributed by atoms with E-state index in [4.69, 9.17) is 15.4 Å². The number of hydrogen-bond donors (Lipinski definition) is 0. The molecule has 1 aliphatic rings. The van der Waals surface area contributed by atoms with E-state index in [-0.39, 0.29) is 10.8 Å². The highest BCUT2D eigenvalue weighted by Gasteiger charge is 2.30. The van der Waals surface area contributed by atoms with E-state index in [2.05, 4.69) is 0 Å². The van der Waals surface area contributed by atoms with Gasteiger partial charge in [-0.1, -0.05) is 0 Å². The fraction of sp³-hybridized carbons (Fsp3) is 0.417. The summed E-state index contributed by atoms with van der Waals surface area (Å²) < 4.78 is 28.2. The largest absolute Gasteiger partial charge is 0.493 e. The second kappa shape index (κ2) is 5.02. The van der Waals surface area contributed by atoms with Crippen molar-refractivity contribution in [1.29, 1.82) is 0 Å². The van der Waals surface area contributed by atoms with Gasteiger partial charge < -0.3 is 9.64 Å². The molecule has 0 bridgehead atoms. The van der Waals surface area contributed by atoms with Crippen LogP contribution in [0.4, 0.5) is 0 Å². The van der Waals surface area contributed by atoms with Gasteiger partial charge in [0.2, 0.25) is 5.91 Å². The maximum absolute atomic E-state index is 12.1.